The molecule has 0 aromatic heterocycles. The third kappa shape index (κ3) is 3.16. The zero-order chi connectivity index (χ0) is 18.1. The molecule has 1 atom stereocenters. The fourth-order valence-electron chi connectivity index (χ4n) is 2.60. The fraction of sp³-hybridized carbons (Fsp3) is 0.0588. The fourth-order valence-corrected chi connectivity index (χ4v) is 2.86. The van der Waals surface area contributed by atoms with Gasteiger partial charge in [0.1, 0.15) is 5.76 Å². The van der Waals surface area contributed by atoms with E-state index in [4.69, 9.17) is 0 Å². The highest BCUT2D eigenvalue weighted by Gasteiger charge is 2.39. The number of nitro benzene ring substituents is 1. The van der Waals surface area contributed by atoms with Crippen LogP contribution in [0.2, 0.25) is 0 Å². The molecule has 1 fully saturated rings. The van der Waals surface area contributed by atoms with E-state index in [1.165, 1.54) is 18.2 Å². The number of aliphatic hydroxyl groups excluding tert-OH is 1. The van der Waals surface area contributed by atoms with Crippen LogP contribution in [0, 0.1) is 10.1 Å². The Morgan fingerprint density at radius 2 is 1.84 bits per heavy atom. The molecule has 1 saturated heterocycles. The summed E-state index contributed by atoms with van der Waals surface area (Å²) in [5.41, 5.74) is 0.395. The zero-order valence-electron chi connectivity index (χ0n) is 12.6. The molecule has 2 aromatic carbocycles. The minimum Gasteiger partial charge on any atom is -0.507 e. The van der Waals surface area contributed by atoms with Crippen LogP contribution < -0.4 is 5.32 Å². The van der Waals surface area contributed by atoms with Gasteiger partial charge in [0.2, 0.25) is 0 Å². The maximum atomic E-state index is 12.2. The number of nitro groups is 1. The summed E-state index contributed by atoms with van der Waals surface area (Å²) in [5, 5.41) is 23.9. The summed E-state index contributed by atoms with van der Waals surface area (Å²) in [6.07, 6.45) is 0. The number of amides is 1. The van der Waals surface area contributed by atoms with Crippen molar-refractivity contribution in [3.8, 4) is 0 Å². The Bertz CT molecular complexity index is 921. The molecule has 1 aliphatic rings. The van der Waals surface area contributed by atoms with Gasteiger partial charge in [0, 0.05) is 22.2 Å². The SMILES string of the molecule is O=C1NC(c2cccc([N+](=O)[O-])c2)/C(=C(/O)c2ccc(Br)cc2)C1=O. The van der Waals surface area contributed by atoms with Gasteiger partial charge in [-0.25, -0.2) is 0 Å². The predicted octanol–water partition coefficient (Wildman–Crippen LogP) is 3.07. The molecular weight excluding hydrogens is 392 g/mol. The first-order valence-electron chi connectivity index (χ1n) is 7.17. The summed E-state index contributed by atoms with van der Waals surface area (Å²) < 4.78 is 0.788. The molecule has 1 unspecified atom stereocenters. The van der Waals surface area contributed by atoms with Crippen LogP contribution in [0.1, 0.15) is 17.2 Å². The van der Waals surface area contributed by atoms with E-state index in [9.17, 15) is 24.8 Å². The Kier molecular flexibility index (Phi) is 4.37. The number of nitrogens with one attached hydrogen (secondary N) is 1. The Hall–Kier alpha value is -3.00. The lowest BCUT2D eigenvalue weighted by molar-refractivity contribution is -0.384. The molecule has 3 rings (SSSR count). The molecule has 7 nitrogen and oxygen atoms in total. The highest BCUT2D eigenvalue weighted by molar-refractivity contribution is 9.10. The van der Waals surface area contributed by atoms with Gasteiger partial charge in [-0.2, -0.15) is 0 Å². The van der Waals surface area contributed by atoms with E-state index >= 15 is 0 Å². The average Bonchev–Trinajstić information content (AvgIpc) is 2.90. The second-order valence-corrected chi connectivity index (χ2v) is 6.27. The molecule has 1 heterocycles. The number of rotatable bonds is 3. The van der Waals surface area contributed by atoms with Gasteiger partial charge in [-0.05, 0) is 17.7 Å². The van der Waals surface area contributed by atoms with Crippen molar-refractivity contribution in [3.63, 3.8) is 0 Å². The first-order chi connectivity index (χ1) is 11.9. The topological polar surface area (TPSA) is 110 Å². The number of non-ortho nitro benzene ring substituents is 1. The number of hydrogen-bond acceptors (Lipinski definition) is 5. The first-order valence-corrected chi connectivity index (χ1v) is 7.96. The number of carbonyl (C=O) groups is 2. The van der Waals surface area contributed by atoms with Crippen molar-refractivity contribution in [2.24, 2.45) is 0 Å². The van der Waals surface area contributed by atoms with Gasteiger partial charge in [-0.1, -0.05) is 40.2 Å². The third-order valence-electron chi connectivity index (χ3n) is 3.80. The van der Waals surface area contributed by atoms with Crippen LogP contribution in [0.25, 0.3) is 5.76 Å². The summed E-state index contributed by atoms with van der Waals surface area (Å²) in [6, 6.07) is 11.2. The number of carbonyl (C=O) groups excluding carboxylic acids is 2. The van der Waals surface area contributed by atoms with E-state index in [2.05, 4.69) is 21.2 Å². The summed E-state index contributed by atoms with van der Waals surface area (Å²) in [7, 11) is 0. The maximum Gasteiger partial charge on any atom is 0.293 e. The molecule has 0 radical (unpaired) electrons. The summed E-state index contributed by atoms with van der Waals surface area (Å²) in [4.78, 5) is 34.4. The molecule has 8 heteroatoms. The summed E-state index contributed by atoms with van der Waals surface area (Å²) >= 11 is 3.27. The van der Waals surface area contributed by atoms with Crippen LogP contribution in [0.5, 0.6) is 0 Å². The molecule has 0 spiro atoms. The van der Waals surface area contributed by atoms with E-state index in [-0.39, 0.29) is 17.0 Å². The third-order valence-corrected chi connectivity index (χ3v) is 4.33. The highest BCUT2D eigenvalue weighted by atomic mass is 79.9. The monoisotopic (exact) mass is 402 g/mol. The lowest BCUT2D eigenvalue weighted by Crippen LogP contribution is -2.21. The quantitative estimate of drug-likeness (QED) is 0.269. The Morgan fingerprint density at radius 3 is 2.48 bits per heavy atom. The van der Waals surface area contributed by atoms with Gasteiger partial charge in [-0.3, -0.25) is 19.7 Å². The molecule has 1 aliphatic heterocycles. The number of hydrogen-bond donors (Lipinski definition) is 2. The largest absolute Gasteiger partial charge is 0.507 e. The second kappa shape index (κ2) is 6.48. The van der Waals surface area contributed by atoms with Crippen LogP contribution >= 0.6 is 15.9 Å². The smallest absolute Gasteiger partial charge is 0.293 e. The number of benzene rings is 2. The maximum absolute atomic E-state index is 12.2. The predicted molar refractivity (Wildman–Crippen MR) is 92.7 cm³/mol. The van der Waals surface area contributed by atoms with Crippen molar-refractivity contribution in [1.82, 2.24) is 5.32 Å². The second-order valence-electron chi connectivity index (χ2n) is 5.36. The first kappa shape index (κ1) is 16.8. The van der Waals surface area contributed by atoms with Crippen LogP contribution in [0.4, 0.5) is 5.69 Å². The van der Waals surface area contributed by atoms with Gasteiger partial charge in [0.15, 0.2) is 0 Å². The van der Waals surface area contributed by atoms with Crippen LogP contribution in [0.15, 0.2) is 58.6 Å². The van der Waals surface area contributed by atoms with Gasteiger partial charge in [-0.15, -0.1) is 0 Å². The number of ketones is 1. The Morgan fingerprint density at radius 1 is 1.16 bits per heavy atom. The van der Waals surface area contributed by atoms with Crippen molar-refractivity contribution in [2.75, 3.05) is 0 Å². The van der Waals surface area contributed by atoms with Crippen molar-refractivity contribution in [2.45, 2.75) is 6.04 Å². The van der Waals surface area contributed by atoms with E-state index in [1.807, 2.05) is 0 Å². The zero-order valence-corrected chi connectivity index (χ0v) is 14.2. The van der Waals surface area contributed by atoms with Crippen molar-refractivity contribution >= 4 is 39.1 Å². The highest BCUT2D eigenvalue weighted by Crippen LogP contribution is 2.34. The van der Waals surface area contributed by atoms with E-state index in [0.717, 1.165) is 4.47 Å². The molecule has 25 heavy (non-hydrogen) atoms. The average molecular weight is 403 g/mol. The van der Waals surface area contributed by atoms with Crippen LogP contribution in [-0.4, -0.2) is 21.7 Å². The minimum atomic E-state index is -0.955. The standard InChI is InChI=1S/C17H11BrN2O5/c18-11-6-4-9(5-7-11)15(21)13-14(19-17(23)16(13)22)10-2-1-3-12(8-10)20(24)25/h1-8,14,21H,(H,19,23)/b15-13-. The Labute approximate surface area is 150 Å². The van der Waals surface area contributed by atoms with E-state index in [1.54, 1.807) is 30.3 Å². The van der Waals surface area contributed by atoms with Crippen LogP contribution in [-0.2, 0) is 9.59 Å². The van der Waals surface area contributed by atoms with Gasteiger partial charge in [0.05, 0.1) is 16.5 Å². The summed E-state index contributed by atoms with van der Waals surface area (Å²) in [5.74, 6) is -2.07. The van der Waals surface area contributed by atoms with Gasteiger partial charge in [0.25, 0.3) is 17.4 Å². The van der Waals surface area contributed by atoms with Crippen molar-refractivity contribution < 1.29 is 19.6 Å². The molecular formula is C17H11BrN2O5. The number of aliphatic hydroxyl groups is 1. The number of halogens is 1. The molecule has 126 valence electrons. The molecule has 1 amide bonds. The van der Waals surface area contributed by atoms with Gasteiger partial charge >= 0.3 is 0 Å². The molecule has 0 bridgehead atoms. The van der Waals surface area contributed by atoms with Gasteiger partial charge < -0.3 is 10.4 Å². The molecule has 2 aromatic rings. The molecule has 0 aliphatic carbocycles. The lowest BCUT2D eigenvalue weighted by atomic mass is 9.95. The van der Waals surface area contributed by atoms with Crippen molar-refractivity contribution in [1.29, 1.82) is 0 Å². The normalized spacial score (nSPS) is 18.8. The molecule has 0 saturated carbocycles. The van der Waals surface area contributed by atoms with Crippen LogP contribution in [0.3, 0.4) is 0 Å². The molecule has 2 N–H and O–H groups in total. The van der Waals surface area contributed by atoms with E-state index < -0.39 is 22.7 Å². The number of Topliss-reactive ketones (excluding diaryl/α,β-unsaturated/α-hetero) is 1. The minimum absolute atomic E-state index is 0.132. The Balaban J connectivity index is 2.12. The van der Waals surface area contributed by atoms with E-state index in [0.29, 0.717) is 11.1 Å². The van der Waals surface area contributed by atoms with Crippen molar-refractivity contribution in [3.05, 3.63) is 79.8 Å². The number of nitrogens with zero attached hydrogens (tertiary/aromatic N) is 1. The lowest BCUT2D eigenvalue weighted by Gasteiger charge is -2.13. The summed E-state index contributed by atoms with van der Waals surface area (Å²) in [6.45, 7) is 0.